The molecule has 1 amide bonds. The number of nitrogens with one attached hydrogen (secondary N) is 1. The number of hydrogen-bond acceptors (Lipinski definition) is 4. The minimum absolute atomic E-state index is 0.0508. The molecule has 0 aromatic heterocycles. The lowest BCUT2D eigenvalue weighted by atomic mass is 9.81. The van der Waals surface area contributed by atoms with E-state index < -0.39 is 5.97 Å². The van der Waals surface area contributed by atoms with Crippen molar-refractivity contribution in [2.45, 2.75) is 18.9 Å². The lowest BCUT2D eigenvalue weighted by Crippen LogP contribution is -2.38. The van der Waals surface area contributed by atoms with E-state index in [1.807, 2.05) is 0 Å². The molecule has 1 aliphatic rings. The fourth-order valence-corrected chi connectivity index (χ4v) is 2.16. The standard InChI is InChI=1S/C14H17NO5/c1-19-10-5-8(6-10)13(16)15-9-3-4-11(14(17)18)12(7-9)20-2/h3-4,7-8,10H,5-6H2,1-2H3,(H,15,16)(H,17,18). The largest absolute Gasteiger partial charge is 0.496 e. The van der Waals surface area contributed by atoms with Crippen LogP contribution in [0.4, 0.5) is 5.69 Å². The summed E-state index contributed by atoms with van der Waals surface area (Å²) in [6.07, 6.45) is 1.59. The molecule has 108 valence electrons. The minimum Gasteiger partial charge on any atom is -0.496 e. The van der Waals surface area contributed by atoms with Crippen LogP contribution in [0, 0.1) is 5.92 Å². The van der Waals surface area contributed by atoms with Crippen LogP contribution in [-0.4, -0.2) is 37.3 Å². The molecular weight excluding hydrogens is 262 g/mol. The highest BCUT2D eigenvalue weighted by atomic mass is 16.5. The number of aromatic carboxylic acids is 1. The van der Waals surface area contributed by atoms with E-state index in [4.69, 9.17) is 14.6 Å². The Morgan fingerprint density at radius 2 is 2.00 bits per heavy atom. The van der Waals surface area contributed by atoms with Gasteiger partial charge in [-0.15, -0.1) is 0 Å². The molecule has 1 fully saturated rings. The molecule has 0 heterocycles. The second kappa shape index (κ2) is 5.92. The number of carboxylic acids is 1. The first-order valence-corrected chi connectivity index (χ1v) is 6.30. The summed E-state index contributed by atoms with van der Waals surface area (Å²) in [4.78, 5) is 22.9. The Balaban J connectivity index is 2.03. The molecule has 0 atom stereocenters. The van der Waals surface area contributed by atoms with Crippen LogP contribution >= 0.6 is 0 Å². The zero-order valence-corrected chi connectivity index (χ0v) is 11.4. The third kappa shape index (κ3) is 2.91. The van der Waals surface area contributed by atoms with Gasteiger partial charge in [0.1, 0.15) is 11.3 Å². The zero-order valence-electron chi connectivity index (χ0n) is 11.4. The molecule has 1 saturated carbocycles. The van der Waals surface area contributed by atoms with Crippen LogP contribution in [0.5, 0.6) is 5.75 Å². The summed E-state index contributed by atoms with van der Waals surface area (Å²) in [7, 11) is 3.02. The SMILES string of the molecule is COc1cc(NC(=O)C2CC(OC)C2)ccc1C(=O)O. The van der Waals surface area contributed by atoms with Crippen molar-refractivity contribution >= 4 is 17.6 Å². The number of carboxylic acid groups (broad SMARTS) is 1. The van der Waals surface area contributed by atoms with Crippen LogP contribution < -0.4 is 10.1 Å². The summed E-state index contributed by atoms with van der Waals surface area (Å²) >= 11 is 0. The third-order valence-corrected chi connectivity index (χ3v) is 3.50. The first-order valence-electron chi connectivity index (χ1n) is 6.30. The molecule has 0 spiro atoms. The van der Waals surface area contributed by atoms with E-state index in [0.29, 0.717) is 18.5 Å². The Kier molecular flexibility index (Phi) is 4.24. The topological polar surface area (TPSA) is 84.9 Å². The maximum atomic E-state index is 12.0. The van der Waals surface area contributed by atoms with Gasteiger partial charge in [-0.3, -0.25) is 4.79 Å². The van der Waals surface area contributed by atoms with Crippen LogP contribution in [0.1, 0.15) is 23.2 Å². The van der Waals surface area contributed by atoms with Crippen molar-refractivity contribution < 1.29 is 24.2 Å². The van der Waals surface area contributed by atoms with Gasteiger partial charge in [-0.1, -0.05) is 0 Å². The van der Waals surface area contributed by atoms with Gasteiger partial charge in [-0.25, -0.2) is 4.79 Å². The quantitative estimate of drug-likeness (QED) is 0.857. The summed E-state index contributed by atoms with van der Waals surface area (Å²) in [5.41, 5.74) is 0.589. The Morgan fingerprint density at radius 1 is 1.30 bits per heavy atom. The maximum absolute atomic E-state index is 12.0. The third-order valence-electron chi connectivity index (χ3n) is 3.50. The number of hydrogen-bond donors (Lipinski definition) is 2. The summed E-state index contributed by atoms with van der Waals surface area (Å²) < 4.78 is 10.1. The van der Waals surface area contributed by atoms with Gasteiger partial charge in [-0.05, 0) is 25.0 Å². The number of carbonyl (C=O) groups excluding carboxylic acids is 1. The second-order valence-corrected chi connectivity index (χ2v) is 4.74. The van der Waals surface area contributed by atoms with Crippen molar-refractivity contribution in [2.24, 2.45) is 5.92 Å². The van der Waals surface area contributed by atoms with Gasteiger partial charge in [0.25, 0.3) is 0 Å². The normalized spacial score (nSPS) is 20.9. The number of anilines is 1. The number of ether oxygens (including phenoxy) is 2. The highest BCUT2D eigenvalue weighted by Gasteiger charge is 2.34. The lowest BCUT2D eigenvalue weighted by Gasteiger charge is -2.32. The first-order chi connectivity index (χ1) is 9.55. The van der Waals surface area contributed by atoms with Gasteiger partial charge in [-0.2, -0.15) is 0 Å². The first kappa shape index (κ1) is 14.3. The van der Waals surface area contributed by atoms with Gasteiger partial charge < -0.3 is 19.9 Å². The predicted octanol–water partition coefficient (Wildman–Crippen LogP) is 1.76. The molecule has 0 bridgehead atoms. The van der Waals surface area contributed by atoms with Crippen molar-refractivity contribution in [2.75, 3.05) is 19.5 Å². The summed E-state index contributed by atoms with van der Waals surface area (Å²) in [6, 6.07) is 4.47. The van der Waals surface area contributed by atoms with Gasteiger partial charge >= 0.3 is 5.97 Å². The minimum atomic E-state index is -1.07. The Morgan fingerprint density at radius 3 is 2.55 bits per heavy atom. The monoisotopic (exact) mass is 279 g/mol. The van der Waals surface area contributed by atoms with E-state index in [0.717, 1.165) is 0 Å². The molecular formula is C14H17NO5. The summed E-state index contributed by atoms with van der Waals surface area (Å²) in [5.74, 6) is -0.978. The van der Waals surface area contributed by atoms with Crippen molar-refractivity contribution in [1.82, 2.24) is 0 Å². The van der Waals surface area contributed by atoms with Crippen LogP contribution in [0.2, 0.25) is 0 Å². The smallest absolute Gasteiger partial charge is 0.339 e. The van der Waals surface area contributed by atoms with Crippen molar-refractivity contribution in [1.29, 1.82) is 0 Å². The van der Waals surface area contributed by atoms with Crippen molar-refractivity contribution in [3.8, 4) is 5.75 Å². The molecule has 0 aliphatic heterocycles. The highest BCUT2D eigenvalue weighted by Crippen LogP contribution is 2.31. The molecule has 6 heteroatoms. The molecule has 6 nitrogen and oxygen atoms in total. The summed E-state index contributed by atoms with van der Waals surface area (Å²) in [5, 5.41) is 11.7. The van der Waals surface area contributed by atoms with Gasteiger partial charge in [0.2, 0.25) is 5.91 Å². The average Bonchev–Trinajstić information content (AvgIpc) is 2.37. The molecule has 0 unspecified atom stereocenters. The number of rotatable bonds is 5. The molecule has 2 N–H and O–H groups in total. The average molecular weight is 279 g/mol. The van der Waals surface area contributed by atoms with Gasteiger partial charge in [0.15, 0.2) is 0 Å². The zero-order chi connectivity index (χ0) is 14.7. The van der Waals surface area contributed by atoms with E-state index in [9.17, 15) is 9.59 Å². The number of benzene rings is 1. The predicted molar refractivity (Wildman–Crippen MR) is 72.1 cm³/mol. The fourth-order valence-electron chi connectivity index (χ4n) is 2.16. The van der Waals surface area contributed by atoms with E-state index in [1.54, 1.807) is 13.2 Å². The molecule has 1 aromatic carbocycles. The van der Waals surface area contributed by atoms with Gasteiger partial charge in [0, 0.05) is 24.8 Å². The van der Waals surface area contributed by atoms with Crippen LogP contribution in [0.15, 0.2) is 18.2 Å². The van der Waals surface area contributed by atoms with Gasteiger partial charge in [0.05, 0.1) is 13.2 Å². The Bertz CT molecular complexity index is 522. The van der Waals surface area contributed by atoms with Crippen molar-refractivity contribution in [3.63, 3.8) is 0 Å². The van der Waals surface area contributed by atoms with E-state index in [-0.39, 0.29) is 29.2 Å². The second-order valence-electron chi connectivity index (χ2n) is 4.74. The number of amides is 1. The van der Waals surface area contributed by atoms with Crippen LogP contribution in [0.25, 0.3) is 0 Å². The molecule has 1 aromatic rings. The van der Waals surface area contributed by atoms with Crippen LogP contribution in [-0.2, 0) is 9.53 Å². The molecule has 20 heavy (non-hydrogen) atoms. The summed E-state index contributed by atoms with van der Waals surface area (Å²) in [6.45, 7) is 0. The molecule has 2 rings (SSSR count). The maximum Gasteiger partial charge on any atom is 0.339 e. The van der Waals surface area contributed by atoms with Crippen LogP contribution in [0.3, 0.4) is 0 Å². The Labute approximate surface area is 116 Å². The molecule has 1 aliphatic carbocycles. The van der Waals surface area contributed by atoms with E-state index >= 15 is 0 Å². The van der Waals surface area contributed by atoms with Crippen molar-refractivity contribution in [3.05, 3.63) is 23.8 Å². The fraction of sp³-hybridized carbons (Fsp3) is 0.429. The van der Waals surface area contributed by atoms with E-state index in [2.05, 4.69) is 5.32 Å². The lowest BCUT2D eigenvalue weighted by molar-refractivity contribution is -0.127. The number of carbonyl (C=O) groups is 2. The Hall–Kier alpha value is -2.08. The highest BCUT2D eigenvalue weighted by molar-refractivity contribution is 5.95. The number of methoxy groups -OCH3 is 2. The molecule has 0 saturated heterocycles. The molecule has 0 radical (unpaired) electrons. The van der Waals surface area contributed by atoms with E-state index in [1.165, 1.54) is 19.2 Å².